The second kappa shape index (κ2) is 7.71. The van der Waals surface area contributed by atoms with Gasteiger partial charge in [-0.05, 0) is 30.3 Å². The smallest absolute Gasteiger partial charge is 0.249 e. The molecule has 0 aliphatic rings. The molecule has 0 radical (unpaired) electrons. The predicted octanol–water partition coefficient (Wildman–Crippen LogP) is 1.66. The Balaban J connectivity index is 2.39. The van der Waals surface area contributed by atoms with E-state index in [1.165, 1.54) is 42.5 Å². The Morgan fingerprint density at radius 3 is 2.38 bits per heavy atom. The van der Waals surface area contributed by atoms with Crippen molar-refractivity contribution in [2.24, 2.45) is 5.84 Å². The van der Waals surface area contributed by atoms with Gasteiger partial charge in [0.2, 0.25) is 15.9 Å². The van der Waals surface area contributed by atoms with Gasteiger partial charge in [-0.1, -0.05) is 29.8 Å². The van der Waals surface area contributed by atoms with Crippen molar-refractivity contribution in [1.29, 1.82) is 0 Å². The highest BCUT2D eigenvalue weighted by Gasteiger charge is 2.27. The molecular formula is C15H15ClFN3O3S. The van der Waals surface area contributed by atoms with Crippen molar-refractivity contribution in [3.63, 3.8) is 0 Å². The van der Waals surface area contributed by atoms with E-state index in [0.29, 0.717) is 5.02 Å². The molecule has 0 saturated heterocycles. The number of benzene rings is 2. The molecule has 2 aromatic carbocycles. The van der Waals surface area contributed by atoms with Gasteiger partial charge in [-0.2, -0.15) is 4.31 Å². The van der Waals surface area contributed by atoms with Gasteiger partial charge in [-0.25, -0.2) is 18.7 Å². The number of hydrogen-bond donors (Lipinski definition) is 2. The van der Waals surface area contributed by atoms with Gasteiger partial charge in [0.1, 0.15) is 5.82 Å². The van der Waals surface area contributed by atoms with E-state index < -0.39 is 28.3 Å². The number of amides is 1. The summed E-state index contributed by atoms with van der Waals surface area (Å²) < 4.78 is 40.2. The minimum Gasteiger partial charge on any atom is -0.293 e. The van der Waals surface area contributed by atoms with Gasteiger partial charge >= 0.3 is 0 Å². The third kappa shape index (κ3) is 4.30. The van der Waals surface area contributed by atoms with Gasteiger partial charge in [-0.15, -0.1) is 0 Å². The molecule has 0 fully saturated rings. The van der Waals surface area contributed by atoms with Crippen LogP contribution in [-0.4, -0.2) is 25.2 Å². The van der Waals surface area contributed by atoms with Crippen LogP contribution in [0.25, 0.3) is 0 Å². The van der Waals surface area contributed by atoms with Crippen LogP contribution in [0.4, 0.5) is 4.39 Å². The second-order valence-corrected chi connectivity index (χ2v) is 7.26. The molecule has 128 valence electrons. The zero-order valence-electron chi connectivity index (χ0n) is 12.4. The first kappa shape index (κ1) is 18.3. The summed E-state index contributed by atoms with van der Waals surface area (Å²) in [4.78, 5) is 11.5. The number of nitrogens with one attached hydrogen (secondary N) is 1. The third-order valence-corrected chi connectivity index (χ3v) is 5.29. The van der Waals surface area contributed by atoms with Crippen molar-refractivity contribution < 1.29 is 17.6 Å². The summed E-state index contributed by atoms with van der Waals surface area (Å²) in [5.74, 6) is 3.75. The highest BCUT2D eigenvalue weighted by atomic mass is 35.5. The van der Waals surface area contributed by atoms with E-state index in [-0.39, 0.29) is 17.0 Å². The zero-order valence-corrected chi connectivity index (χ0v) is 14.0. The summed E-state index contributed by atoms with van der Waals surface area (Å²) in [5, 5.41) is 0.370. The lowest BCUT2D eigenvalue weighted by Gasteiger charge is -2.21. The lowest BCUT2D eigenvalue weighted by atomic mass is 10.2. The molecule has 0 aliphatic heterocycles. The van der Waals surface area contributed by atoms with Crippen molar-refractivity contribution in [2.75, 3.05) is 6.54 Å². The van der Waals surface area contributed by atoms with E-state index in [1.54, 1.807) is 6.07 Å². The fraction of sp³-hybridized carbons (Fsp3) is 0.133. The average Bonchev–Trinajstić information content (AvgIpc) is 2.56. The molecule has 0 saturated carbocycles. The van der Waals surface area contributed by atoms with E-state index in [1.807, 2.05) is 5.43 Å². The Bertz CT molecular complexity index is 828. The molecule has 0 spiro atoms. The van der Waals surface area contributed by atoms with Crippen LogP contribution >= 0.6 is 11.6 Å². The van der Waals surface area contributed by atoms with Crippen molar-refractivity contribution in [2.45, 2.75) is 11.4 Å². The Labute approximate surface area is 144 Å². The highest BCUT2D eigenvalue weighted by Crippen LogP contribution is 2.21. The maximum absolute atomic E-state index is 13.8. The van der Waals surface area contributed by atoms with Gasteiger partial charge in [-0.3, -0.25) is 10.2 Å². The fourth-order valence-electron chi connectivity index (χ4n) is 2.00. The van der Waals surface area contributed by atoms with E-state index in [9.17, 15) is 17.6 Å². The maximum Gasteiger partial charge on any atom is 0.249 e. The summed E-state index contributed by atoms with van der Waals surface area (Å²) in [6.45, 7) is -0.860. The Morgan fingerprint density at radius 2 is 1.79 bits per heavy atom. The molecule has 2 aromatic rings. The fourth-order valence-corrected chi connectivity index (χ4v) is 3.50. The van der Waals surface area contributed by atoms with Crippen molar-refractivity contribution in [3.05, 3.63) is 64.9 Å². The molecular weight excluding hydrogens is 357 g/mol. The first-order valence-electron chi connectivity index (χ1n) is 6.83. The molecule has 3 N–H and O–H groups in total. The van der Waals surface area contributed by atoms with E-state index in [2.05, 4.69) is 0 Å². The standard InChI is InChI=1S/C15H15ClFN3O3S/c16-12-5-7-13(8-6-12)24(22,23)20(10-15(21)19-18)9-11-3-1-2-4-14(11)17/h1-8H,9-10,18H2,(H,19,21). The Morgan fingerprint density at radius 1 is 1.17 bits per heavy atom. The first-order valence-corrected chi connectivity index (χ1v) is 8.65. The molecule has 0 unspecified atom stereocenters. The van der Waals surface area contributed by atoms with Crippen LogP contribution in [-0.2, 0) is 21.4 Å². The molecule has 1 amide bonds. The number of nitrogens with zero attached hydrogens (tertiary/aromatic N) is 1. The Hall–Kier alpha value is -2.00. The molecule has 6 nitrogen and oxygen atoms in total. The zero-order chi connectivity index (χ0) is 17.7. The second-order valence-electron chi connectivity index (χ2n) is 4.89. The molecule has 0 bridgehead atoms. The van der Waals surface area contributed by atoms with Gasteiger partial charge in [0.15, 0.2) is 0 Å². The van der Waals surface area contributed by atoms with Gasteiger partial charge < -0.3 is 0 Å². The van der Waals surface area contributed by atoms with Crippen LogP contribution in [0, 0.1) is 5.82 Å². The molecule has 0 aliphatic carbocycles. The van der Waals surface area contributed by atoms with Crippen molar-refractivity contribution in [1.82, 2.24) is 9.73 Å². The minimum atomic E-state index is -4.05. The molecule has 24 heavy (non-hydrogen) atoms. The van der Waals surface area contributed by atoms with E-state index in [0.717, 1.165) is 4.31 Å². The van der Waals surface area contributed by atoms with E-state index in [4.69, 9.17) is 17.4 Å². The first-order chi connectivity index (χ1) is 11.3. The largest absolute Gasteiger partial charge is 0.293 e. The molecule has 9 heteroatoms. The van der Waals surface area contributed by atoms with Crippen molar-refractivity contribution in [3.8, 4) is 0 Å². The number of carbonyl (C=O) groups excluding carboxylic acids is 1. The lowest BCUT2D eigenvalue weighted by Crippen LogP contribution is -2.42. The van der Waals surface area contributed by atoms with Crippen LogP contribution in [0.5, 0.6) is 0 Å². The summed E-state index contributed by atoms with van der Waals surface area (Å²) >= 11 is 5.76. The molecule has 0 aromatic heterocycles. The van der Waals surface area contributed by atoms with Crippen molar-refractivity contribution >= 4 is 27.5 Å². The predicted molar refractivity (Wildman–Crippen MR) is 87.8 cm³/mol. The van der Waals surface area contributed by atoms with Crippen LogP contribution in [0.3, 0.4) is 0 Å². The maximum atomic E-state index is 13.8. The normalized spacial score (nSPS) is 11.5. The summed E-state index contributed by atoms with van der Waals surface area (Å²) in [6, 6.07) is 11.2. The molecule has 2 rings (SSSR count). The Kier molecular flexibility index (Phi) is 5.89. The summed E-state index contributed by atoms with van der Waals surface area (Å²) in [7, 11) is -4.05. The number of nitrogens with two attached hydrogens (primary N) is 1. The molecule has 0 heterocycles. The van der Waals surface area contributed by atoms with Gasteiger partial charge in [0.05, 0.1) is 11.4 Å². The minimum absolute atomic E-state index is 0.0620. The van der Waals surface area contributed by atoms with Crippen LogP contribution in [0.15, 0.2) is 53.4 Å². The van der Waals surface area contributed by atoms with Crippen LogP contribution < -0.4 is 11.3 Å². The molecule has 0 atom stereocenters. The third-order valence-electron chi connectivity index (χ3n) is 3.24. The number of hydrogen-bond acceptors (Lipinski definition) is 4. The SMILES string of the molecule is NNC(=O)CN(Cc1ccccc1F)S(=O)(=O)c1ccc(Cl)cc1. The van der Waals surface area contributed by atoms with Gasteiger partial charge in [0.25, 0.3) is 0 Å². The van der Waals surface area contributed by atoms with Crippen LogP contribution in [0.1, 0.15) is 5.56 Å². The summed E-state index contributed by atoms with van der Waals surface area (Å²) in [5.41, 5.74) is 2.01. The monoisotopic (exact) mass is 371 g/mol. The number of sulfonamides is 1. The van der Waals surface area contributed by atoms with Gasteiger partial charge in [0, 0.05) is 17.1 Å². The van der Waals surface area contributed by atoms with E-state index >= 15 is 0 Å². The number of halogens is 2. The lowest BCUT2D eigenvalue weighted by molar-refractivity contribution is -0.121. The topological polar surface area (TPSA) is 92.5 Å². The quantitative estimate of drug-likeness (QED) is 0.459. The van der Waals surface area contributed by atoms with Crippen LogP contribution in [0.2, 0.25) is 5.02 Å². The number of hydrazine groups is 1. The number of carbonyl (C=O) groups is 1. The number of rotatable bonds is 6. The highest BCUT2D eigenvalue weighted by molar-refractivity contribution is 7.89. The average molecular weight is 372 g/mol. The summed E-state index contributed by atoms with van der Waals surface area (Å²) in [6.07, 6.45) is 0.